The summed E-state index contributed by atoms with van der Waals surface area (Å²) in [5, 5.41) is 9.61. The fraction of sp³-hybridized carbons (Fsp3) is 0.312. The molecule has 0 spiro atoms. The van der Waals surface area contributed by atoms with E-state index in [2.05, 4.69) is 16.0 Å². The highest BCUT2D eigenvalue weighted by Crippen LogP contribution is 2.29. The van der Waals surface area contributed by atoms with Crippen LogP contribution in [0.3, 0.4) is 0 Å². The third-order valence-corrected chi connectivity index (χ3v) is 3.94. The summed E-state index contributed by atoms with van der Waals surface area (Å²) in [6, 6.07) is 2.17. The van der Waals surface area contributed by atoms with E-state index in [1.54, 1.807) is 17.1 Å². The molecule has 110 valence electrons. The van der Waals surface area contributed by atoms with Crippen molar-refractivity contribution >= 4 is 19.5 Å². The van der Waals surface area contributed by atoms with E-state index in [1.165, 1.54) is 0 Å². The SMILES string of the molecule is [B]OC(=C(C#N)n1cnc(C)c1C)c1c(C)ncc(C)c1C. The van der Waals surface area contributed by atoms with Gasteiger partial charge in [-0.05, 0) is 45.7 Å². The Morgan fingerprint density at radius 3 is 2.36 bits per heavy atom. The smallest absolute Gasteiger partial charge is 0.374 e. The second-order valence-corrected chi connectivity index (χ2v) is 5.22. The molecule has 2 radical (unpaired) electrons. The normalized spacial score (nSPS) is 11.8. The zero-order valence-electron chi connectivity index (χ0n) is 13.4. The van der Waals surface area contributed by atoms with Crippen molar-refractivity contribution in [2.24, 2.45) is 0 Å². The molecule has 0 amide bonds. The Balaban J connectivity index is 2.82. The average molecular weight is 292 g/mol. The first-order chi connectivity index (χ1) is 10.4. The molecule has 2 rings (SSSR count). The lowest BCUT2D eigenvalue weighted by Gasteiger charge is -2.17. The van der Waals surface area contributed by atoms with Crippen LogP contribution in [0.25, 0.3) is 11.5 Å². The number of hydrogen-bond donors (Lipinski definition) is 0. The number of nitrogens with zero attached hydrogens (tertiary/aromatic N) is 4. The Kier molecular flexibility index (Phi) is 4.36. The molecule has 0 aliphatic carbocycles. The van der Waals surface area contributed by atoms with Gasteiger partial charge in [-0.1, -0.05) is 0 Å². The van der Waals surface area contributed by atoms with Crippen molar-refractivity contribution in [3.63, 3.8) is 0 Å². The van der Waals surface area contributed by atoms with Crippen molar-refractivity contribution in [3.8, 4) is 6.07 Å². The number of hydrogen-bond acceptors (Lipinski definition) is 4. The lowest BCUT2D eigenvalue weighted by molar-refractivity contribution is 0.569. The van der Waals surface area contributed by atoms with Gasteiger partial charge in [-0.2, -0.15) is 5.26 Å². The third-order valence-electron chi connectivity index (χ3n) is 3.94. The van der Waals surface area contributed by atoms with Crippen LogP contribution in [-0.4, -0.2) is 22.6 Å². The number of nitriles is 1. The summed E-state index contributed by atoms with van der Waals surface area (Å²) in [7, 11) is 5.49. The predicted octanol–water partition coefficient (Wildman–Crippen LogP) is 2.77. The van der Waals surface area contributed by atoms with E-state index in [4.69, 9.17) is 12.7 Å². The largest absolute Gasteiger partial charge is 0.565 e. The number of rotatable bonds is 3. The van der Waals surface area contributed by atoms with E-state index in [9.17, 15) is 5.26 Å². The zero-order valence-corrected chi connectivity index (χ0v) is 13.4. The molecule has 0 unspecified atom stereocenters. The van der Waals surface area contributed by atoms with Gasteiger partial charge in [0.25, 0.3) is 0 Å². The van der Waals surface area contributed by atoms with Crippen molar-refractivity contribution in [1.82, 2.24) is 14.5 Å². The van der Waals surface area contributed by atoms with Crippen molar-refractivity contribution in [2.75, 3.05) is 0 Å². The first-order valence-corrected chi connectivity index (χ1v) is 6.87. The summed E-state index contributed by atoms with van der Waals surface area (Å²) in [5.41, 5.74) is 5.48. The number of pyridine rings is 1. The number of imidazole rings is 1. The molecule has 2 heterocycles. The van der Waals surface area contributed by atoms with Gasteiger partial charge in [0.05, 0.1) is 5.69 Å². The molecule has 0 N–H and O–H groups in total. The van der Waals surface area contributed by atoms with Crippen molar-refractivity contribution < 1.29 is 4.65 Å². The van der Waals surface area contributed by atoms with E-state index in [-0.39, 0.29) is 0 Å². The fourth-order valence-corrected chi connectivity index (χ4v) is 2.33. The topological polar surface area (TPSA) is 63.7 Å². The molecule has 0 saturated heterocycles. The first kappa shape index (κ1) is 15.8. The summed E-state index contributed by atoms with van der Waals surface area (Å²) in [5.74, 6) is 0.300. The monoisotopic (exact) mass is 292 g/mol. The molecule has 0 aliphatic heterocycles. The highest BCUT2D eigenvalue weighted by Gasteiger charge is 2.19. The van der Waals surface area contributed by atoms with Crippen LogP contribution in [0.1, 0.15) is 33.8 Å². The third kappa shape index (κ3) is 2.50. The van der Waals surface area contributed by atoms with Gasteiger partial charge in [0.15, 0.2) is 5.70 Å². The lowest BCUT2D eigenvalue weighted by Crippen LogP contribution is -2.07. The second-order valence-electron chi connectivity index (χ2n) is 5.22. The molecule has 0 aromatic carbocycles. The van der Waals surface area contributed by atoms with Crippen LogP contribution in [0.4, 0.5) is 0 Å². The molecule has 6 heteroatoms. The molecule has 22 heavy (non-hydrogen) atoms. The summed E-state index contributed by atoms with van der Waals surface area (Å²) < 4.78 is 6.77. The quantitative estimate of drug-likeness (QED) is 0.495. The van der Waals surface area contributed by atoms with E-state index < -0.39 is 0 Å². The van der Waals surface area contributed by atoms with Gasteiger partial charge in [0.2, 0.25) is 0 Å². The highest BCUT2D eigenvalue weighted by molar-refractivity contribution is 6.05. The number of aryl methyl sites for hydroxylation is 3. The maximum Gasteiger partial charge on any atom is 0.374 e. The maximum atomic E-state index is 9.61. The minimum absolute atomic E-state index is 0.291. The van der Waals surface area contributed by atoms with Crippen LogP contribution in [0, 0.1) is 45.9 Å². The standard InChI is InChI=1S/C16H17BN4O/c1-9-7-19-12(4)15(10(9)2)16(22-17)14(6-18)21-8-20-11(3)13(21)5/h7-8H,1-5H3. The summed E-state index contributed by atoms with van der Waals surface area (Å²) in [4.78, 5) is 8.57. The van der Waals surface area contributed by atoms with E-state index >= 15 is 0 Å². The van der Waals surface area contributed by atoms with Crippen molar-refractivity contribution in [2.45, 2.75) is 34.6 Å². The first-order valence-electron chi connectivity index (χ1n) is 6.87. The zero-order chi connectivity index (χ0) is 16.4. The van der Waals surface area contributed by atoms with Crippen molar-refractivity contribution in [3.05, 3.63) is 46.3 Å². The molecule has 0 saturated carbocycles. The summed E-state index contributed by atoms with van der Waals surface area (Å²) in [6.45, 7) is 9.55. The summed E-state index contributed by atoms with van der Waals surface area (Å²) >= 11 is 0. The average Bonchev–Trinajstić information content (AvgIpc) is 2.83. The predicted molar refractivity (Wildman–Crippen MR) is 85.7 cm³/mol. The van der Waals surface area contributed by atoms with Crippen LogP contribution >= 0.6 is 0 Å². The minimum atomic E-state index is 0.291. The molecule has 2 aromatic heterocycles. The Hall–Kier alpha value is -2.55. The van der Waals surface area contributed by atoms with Gasteiger partial charge in [-0.25, -0.2) is 4.98 Å². The summed E-state index contributed by atoms with van der Waals surface area (Å²) in [6.07, 6.45) is 3.39. The van der Waals surface area contributed by atoms with Crippen LogP contribution in [0.2, 0.25) is 0 Å². The minimum Gasteiger partial charge on any atom is -0.565 e. The molecular formula is C16H17BN4O. The number of aromatic nitrogens is 3. The molecule has 2 aromatic rings. The van der Waals surface area contributed by atoms with Crippen molar-refractivity contribution in [1.29, 1.82) is 5.26 Å². The van der Waals surface area contributed by atoms with Gasteiger partial charge in [-0.15, -0.1) is 0 Å². The van der Waals surface area contributed by atoms with Crippen LogP contribution in [-0.2, 0) is 4.65 Å². The van der Waals surface area contributed by atoms with Gasteiger partial charge < -0.3 is 4.65 Å². The van der Waals surface area contributed by atoms with Crippen LogP contribution < -0.4 is 0 Å². The van der Waals surface area contributed by atoms with Gasteiger partial charge in [0, 0.05) is 23.1 Å². The van der Waals surface area contributed by atoms with E-state index in [0.29, 0.717) is 11.5 Å². The molecule has 0 fully saturated rings. The Bertz CT molecular complexity index is 799. The highest BCUT2D eigenvalue weighted by atomic mass is 16.4. The van der Waals surface area contributed by atoms with Crippen LogP contribution in [0.15, 0.2) is 12.5 Å². The second kappa shape index (κ2) is 6.06. The van der Waals surface area contributed by atoms with Crippen LogP contribution in [0.5, 0.6) is 0 Å². The molecule has 0 aliphatic rings. The van der Waals surface area contributed by atoms with E-state index in [0.717, 1.165) is 33.8 Å². The molecule has 5 nitrogen and oxygen atoms in total. The molecular weight excluding hydrogens is 275 g/mol. The maximum absolute atomic E-state index is 9.61. The molecule has 0 atom stereocenters. The molecule has 0 bridgehead atoms. The number of allylic oxidation sites excluding steroid dienone is 1. The Morgan fingerprint density at radius 2 is 1.86 bits per heavy atom. The van der Waals surface area contributed by atoms with E-state index in [1.807, 2.05) is 34.6 Å². The Labute approximate surface area is 131 Å². The lowest BCUT2D eigenvalue weighted by atomic mass is 10.0. The van der Waals surface area contributed by atoms with Gasteiger partial charge in [-0.3, -0.25) is 9.55 Å². The van der Waals surface area contributed by atoms with Gasteiger partial charge in [0.1, 0.15) is 18.2 Å². The fourth-order valence-electron chi connectivity index (χ4n) is 2.33. The Morgan fingerprint density at radius 1 is 1.18 bits per heavy atom. The van der Waals surface area contributed by atoms with Gasteiger partial charge >= 0.3 is 8.05 Å².